The van der Waals surface area contributed by atoms with Crippen LogP contribution in [0.3, 0.4) is 0 Å². The van der Waals surface area contributed by atoms with Gasteiger partial charge >= 0.3 is 5.97 Å². The van der Waals surface area contributed by atoms with Crippen molar-refractivity contribution in [3.8, 4) is 0 Å². The van der Waals surface area contributed by atoms with Crippen molar-refractivity contribution in [3.05, 3.63) is 24.4 Å². The Morgan fingerprint density at radius 2 is 2.00 bits per heavy atom. The van der Waals surface area contributed by atoms with Crippen molar-refractivity contribution in [3.63, 3.8) is 0 Å². The second-order valence-corrected chi connectivity index (χ2v) is 5.30. The largest absolute Gasteiger partial charge is 0.481 e. The number of aliphatic carboxylic acids is 1. The van der Waals surface area contributed by atoms with E-state index in [4.69, 9.17) is 5.11 Å². The van der Waals surface area contributed by atoms with Crippen molar-refractivity contribution >= 4 is 11.8 Å². The Bertz CT molecular complexity index is 443. The van der Waals surface area contributed by atoms with Gasteiger partial charge in [-0.25, -0.2) is 4.98 Å². The monoisotopic (exact) mass is 261 g/mol. The summed E-state index contributed by atoms with van der Waals surface area (Å²) in [6, 6.07) is 6.20. The van der Waals surface area contributed by atoms with E-state index in [0.717, 1.165) is 44.8 Å². The lowest BCUT2D eigenvalue weighted by Gasteiger charge is -2.46. The predicted molar refractivity (Wildman–Crippen MR) is 72.2 cm³/mol. The zero-order chi connectivity index (χ0) is 13.2. The minimum Gasteiger partial charge on any atom is -0.481 e. The third-order valence-corrected chi connectivity index (χ3v) is 4.31. The molecule has 5 nitrogen and oxygen atoms in total. The van der Waals surface area contributed by atoms with Crippen LogP contribution in [0.25, 0.3) is 0 Å². The molecule has 1 aliphatic heterocycles. The van der Waals surface area contributed by atoms with Crippen LogP contribution in [0, 0.1) is 5.92 Å². The number of aromatic nitrogens is 1. The highest BCUT2D eigenvalue weighted by Gasteiger charge is 2.41. The van der Waals surface area contributed by atoms with Gasteiger partial charge in [-0.15, -0.1) is 0 Å². The van der Waals surface area contributed by atoms with Crippen molar-refractivity contribution < 1.29 is 9.90 Å². The summed E-state index contributed by atoms with van der Waals surface area (Å²) in [5.41, 5.74) is 0. The van der Waals surface area contributed by atoms with Crippen LogP contribution >= 0.6 is 0 Å². The lowest BCUT2D eigenvalue weighted by molar-refractivity contribution is -0.149. The molecule has 5 heteroatoms. The quantitative estimate of drug-likeness (QED) is 0.882. The fraction of sp³-hybridized carbons (Fsp3) is 0.571. The number of carbonyl (C=O) groups is 1. The molecule has 1 N–H and O–H groups in total. The van der Waals surface area contributed by atoms with Gasteiger partial charge in [-0.1, -0.05) is 6.07 Å². The van der Waals surface area contributed by atoms with Crippen LogP contribution in [0.1, 0.15) is 12.8 Å². The minimum absolute atomic E-state index is 0.151. The van der Waals surface area contributed by atoms with Gasteiger partial charge in [0, 0.05) is 38.4 Å². The van der Waals surface area contributed by atoms with Crippen molar-refractivity contribution in [1.82, 2.24) is 9.88 Å². The summed E-state index contributed by atoms with van der Waals surface area (Å²) < 4.78 is 0. The number of piperazine rings is 1. The Kier molecular flexibility index (Phi) is 3.38. The Balaban J connectivity index is 1.57. The third kappa shape index (κ3) is 2.42. The predicted octanol–water partition coefficient (Wildman–Crippen LogP) is 1.07. The lowest BCUT2D eigenvalue weighted by atomic mass is 9.78. The molecule has 0 radical (unpaired) electrons. The molecule has 0 aromatic carbocycles. The molecule has 3 rings (SSSR count). The number of hydrogen-bond donors (Lipinski definition) is 1. The van der Waals surface area contributed by atoms with E-state index in [1.54, 1.807) is 0 Å². The molecular weight excluding hydrogens is 242 g/mol. The zero-order valence-electron chi connectivity index (χ0n) is 10.9. The Morgan fingerprint density at radius 1 is 1.21 bits per heavy atom. The molecule has 1 aliphatic carbocycles. The fourth-order valence-corrected chi connectivity index (χ4v) is 3.03. The molecule has 2 heterocycles. The van der Waals surface area contributed by atoms with Gasteiger partial charge in [0.1, 0.15) is 5.82 Å². The van der Waals surface area contributed by atoms with E-state index in [1.165, 1.54) is 0 Å². The molecule has 2 fully saturated rings. The number of anilines is 1. The number of rotatable bonds is 3. The van der Waals surface area contributed by atoms with E-state index in [1.807, 2.05) is 24.4 Å². The summed E-state index contributed by atoms with van der Waals surface area (Å²) in [4.78, 5) is 20.0. The van der Waals surface area contributed by atoms with Crippen LogP contribution in [-0.4, -0.2) is 53.2 Å². The average Bonchev–Trinajstić information content (AvgIpc) is 2.39. The number of nitrogens with zero attached hydrogens (tertiary/aromatic N) is 3. The minimum atomic E-state index is -0.636. The number of pyridine rings is 1. The maximum atomic E-state index is 11.1. The van der Waals surface area contributed by atoms with Crippen LogP contribution in [0.4, 0.5) is 5.82 Å². The summed E-state index contributed by atoms with van der Waals surface area (Å²) in [5, 5.41) is 9.12. The first-order valence-electron chi connectivity index (χ1n) is 6.88. The van der Waals surface area contributed by atoms with Gasteiger partial charge in [0.25, 0.3) is 0 Å². The molecule has 0 amide bonds. The zero-order valence-corrected chi connectivity index (χ0v) is 10.9. The van der Waals surface area contributed by atoms with Crippen LogP contribution in [-0.2, 0) is 4.79 Å². The topological polar surface area (TPSA) is 56.7 Å². The first-order valence-corrected chi connectivity index (χ1v) is 6.88. The smallest absolute Gasteiger partial charge is 0.308 e. The van der Waals surface area contributed by atoms with Crippen LogP contribution < -0.4 is 4.90 Å². The number of hydrogen-bond acceptors (Lipinski definition) is 4. The molecule has 1 saturated carbocycles. The van der Waals surface area contributed by atoms with E-state index in [9.17, 15) is 4.79 Å². The van der Waals surface area contributed by atoms with Gasteiger partial charge < -0.3 is 10.0 Å². The lowest BCUT2D eigenvalue weighted by Crippen LogP contribution is -2.57. The number of carboxylic acid groups (broad SMARTS) is 1. The van der Waals surface area contributed by atoms with Gasteiger partial charge in [0.2, 0.25) is 0 Å². The first-order chi connectivity index (χ1) is 9.25. The van der Waals surface area contributed by atoms with Crippen molar-refractivity contribution in [2.75, 3.05) is 31.1 Å². The summed E-state index contributed by atoms with van der Waals surface area (Å²) >= 11 is 0. The molecule has 1 saturated heterocycles. The molecule has 1 aromatic rings. The van der Waals surface area contributed by atoms with E-state index in [0.29, 0.717) is 0 Å². The van der Waals surface area contributed by atoms with E-state index >= 15 is 0 Å². The van der Waals surface area contributed by atoms with E-state index in [2.05, 4.69) is 14.8 Å². The molecule has 0 bridgehead atoms. The number of carboxylic acids is 1. The summed E-state index contributed by atoms with van der Waals surface area (Å²) in [7, 11) is 0. The second-order valence-electron chi connectivity index (χ2n) is 5.30. The summed E-state index contributed by atoms with van der Waals surface area (Å²) in [6.45, 7) is 3.73. The Hall–Kier alpha value is -1.62. The summed E-state index contributed by atoms with van der Waals surface area (Å²) in [6.07, 6.45) is 3.68. The highest BCUT2D eigenvalue weighted by Crippen LogP contribution is 2.33. The van der Waals surface area contributed by atoms with Gasteiger partial charge in [0.05, 0.1) is 5.92 Å². The Labute approximate surface area is 112 Å². The van der Waals surface area contributed by atoms with Crippen molar-refractivity contribution in [1.29, 1.82) is 0 Å². The van der Waals surface area contributed by atoms with Gasteiger partial charge in [-0.2, -0.15) is 0 Å². The van der Waals surface area contributed by atoms with Crippen LogP contribution in [0.5, 0.6) is 0 Å². The fourth-order valence-electron chi connectivity index (χ4n) is 3.03. The molecule has 2 unspecified atom stereocenters. The maximum Gasteiger partial charge on any atom is 0.308 e. The SMILES string of the molecule is O=C(O)C1CCC1N1CCN(c2ccccn2)CC1. The van der Waals surface area contributed by atoms with Crippen molar-refractivity contribution in [2.24, 2.45) is 5.92 Å². The van der Waals surface area contributed by atoms with Gasteiger partial charge in [-0.05, 0) is 25.0 Å². The maximum absolute atomic E-state index is 11.1. The van der Waals surface area contributed by atoms with E-state index in [-0.39, 0.29) is 12.0 Å². The van der Waals surface area contributed by atoms with Crippen molar-refractivity contribution in [2.45, 2.75) is 18.9 Å². The Morgan fingerprint density at radius 3 is 2.53 bits per heavy atom. The highest BCUT2D eigenvalue weighted by atomic mass is 16.4. The summed E-state index contributed by atoms with van der Waals surface area (Å²) in [5.74, 6) is 0.232. The first kappa shape index (κ1) is 12.4. The molecule has 2 aliphatic rings. The average molecular weight is 261 g/mol. The third-order valence-electron chi connectivity index (χ3n) is 4.31. The standard InChI is InChI=1S/C14H19N3O2/c18-14(19)11-4-5-12(11)16-7-9-17(10-8-16)13-3-1-2-6-15-13/h1-3,6,11-12H,4-5,7-10H2,(H,18,19). The van der Waals surface area contributed by atoms with Gasteiger partial charge in [0.15, 0.2) is 0 Å². The second kappa shape index (κ2) is 5.17. The highest BCUT2D eigenvalue weighted by molar-refractivity contribution is 5.72. The molecule has 0 spiro atoms. The normalized spacial score (nSPS) is 27.9. The molecule has 1 aromatic heterocycles. The molecule has 19 heavy (non-hydrogen) atoms. The molecule has 2 atom stereocenters. The van der Waals surface area contributed by atoms with Crippen LogP contribution in [0.15, 0.2) is 24.4 Å². The molecule has 102 valence electrons. The van der Waals surface area contributed by atoms with E-state index < -0.39 is 5.97 Å². The van der Waals surface area contributed by atoms with Gasteiger partial charge in [-0.3, -0.25) is 9.69 Å². The van der Waals surface area contributed by atoms with Crippen LogP contribution in [0.2, 0.25) is 0 Å². The molecular formula is C14H19N3O2.